The molecule has 1 heterocycles. The van der Waals surface area contributed by atoms with Crippen molar-refractivity contribution >= 4 is 17.3 Å². The van der Waals surface area contributed by atoms with Crippen LogP contribution in [-0.4, -0.2) is 37.6 Å². The molecule has 27 heavy (non-hydrogen) atoms. The fourth-order valence-corrected chi connectivity index (χ4v) is 2.44. The molecule has 0 radical (unpaired) electrons. The third-order valence-corrected chi connectivity index (χ3v) is 3.80. The van der Waals surface area contributed by atoms with Crippen molar-refractivity contribution in [3.63, 3.8) is 0 Å². The average Bonchev–Trinajstić information content (AvgIpc) is 3.18. The number of carbonyl (C=O) groups excluding carboxylic acids is 1. The topological polar surface area (TPSA) is 125 Å². The first-order chi connectivity index (χ1) is 13.0. The van der Waals surface area contributed by atoms with Crippen molar-refractivity contribution in [1.82, 2.24) is 20.2 Å². The second kappa shape index (κ2) is 7.60. The number of nitrogens with zero attached hydrogens (tertiary/aromatic N) is 5. The molecule has 1 amide bonds. The predicted molar refractivity (Wildman–Crippen MR) is 96.1 cm³/mol. The molecule has 0 atom stereocenters. The van der Waals surface area contributed by atoms with Crippen LogP contribution in [0.5, 0.6) is 5.75 Å². The molecule has 10 nitrogen and oxygen atoms in total. The number of nitrogens with one attached hydrogen (secondary N) is 1. The van der Waals surface area contributed by atoms with E-state index in [0.29, 0.717) is 11.4 Å². The summed E-state index contributed by atoms with van der Waals surface area (Å²) in [4.78, 5) is 23.2. The number of tetrazole rings is 1. The Hall–Kier alpha value is -3.82. The van der Waals surface area contributed by atoms with Gasteiger partial charge in [0, 0.05) is 17.3 Å². The SMILES string of the molecule is CCOc1ccc(C(=O)Nc2cc(-n3cnnn3)ccc2C)cc1[N+](=O)[O-]. The van der Waals surface area contributed by atoms with E-state index < -0.39 is 10.8 Å². The molecular formula is C17H16N6O4. The van der Waals surface area contributed by atoms with Crippen molar-refractivity contribution in [2.24, 2.45) is 0 Å². The Labute approximate surface area is 153 Å². The molecule has 0 bridgehead atoms. The molecule has 0 saturated heterocycles. The number of benzene rings is 2. The van der Waals surface area contributed by atoms with E-state index in [1.807, 2.05) is 19.1 Å². The summed E-state index contributed by atoms with van der Waals surface area (Å²) in [5, 5.41) is 25.0. The number of amides is 1. The Morgan fingerprint density at radius 1 is 1.30 bits per heavy atom. The van der Waals surface area contributed by atoms with Gasteiger partial charge in [-0.25, -0.2) is 4.68 Å². The molecule has 0 unspecified atom stereocenters. The molecule has 10 heteroatoms. The molecule has 0 aliphatic carbocycles. The van der Waals surface area contributed by atoms with Gasteiger partial charge >= 0.3 is 5.69 Å². The largest absolute Gasteiger partial charge is 0.487 e. The summed E-state index contributed by atoms with van der Waals surface area (Å²) < 4.78 is 6.69. The van der Waals surface area contributed by atoms with Crippen LogP contribution in [0.1, 0.15) is 22.8 Å². The molecule has 0 aliphatic heterocycles. The first kappa shape index (κ1) is 18.0. The number of nitro benzene ring substituents is 1. The minimum atomic E-state index is -0.578. The van der Waals surface area contributed by atoms with Gasteiger partial charge in [-0.05, 0) is 54.1 Å². The number of rotatable bonds is 6. The van der Waals surface area contributed by atoms with Gasteiger partial charge in [0.15, 0.2) is 5.75 Å². The summed E-state index contributed by atoms with van der Waals surface area (Å²) >= 11 is 0. The molecule has 1 aromatic heterocycles. The van der Waals surface area contributed by atoms with E-state index in [1.54, 1.807) is 13.0 Å². The molecule has 3 aromatic rings. The molecule has 138 valence electrons. The Morgan fingerprint density at radius 2 is 2.11 bits per heavy atom. The van der Waals surface area contributed by atoms with E-state index in [0.717, 1.165) is 5.56 Å². The van der Waals surface area contributed by atoms with Crippen molar-refractivity contribution in [3.8, 4) is 11.4 Å². The van der Waals surface area contributed by atoms with E-state index in [9.17, 15) is 14.9 Å². The van der Waals surface area contributed by atoms with Crippen LogP contribution in [0.15, 0.2) is 42.7 Å². The van der Waals surface area contributed by atoms with Gasteiger partial charge in [-0.15, -0.1) is 5.10 Å². The molecule has 0 saturated carbocycles. The second-order valence-electron chi connectivity index (χ2n) is 5.58. The zero-order chi connectivity index (χ0) is 19.4. The Bertz CT molecular complexity index is 987. The monoisotopic (exact) mass is 368 g/mol. The highest BCUT2D eigenvalue weighted by molar-refractivity contribution is 6.05. The smallest absolute Gasteiger partial charge is 0.311 e. The number of nitro groups is 1. The zero-order valence-electron chi connectivity index (χ0n) is 14.6. The minimum absolute atomic E-state index is 0.121. The summed E-state index contributed by atoms with van der Waals surface area (Å²) in [6.07, 6.45) is 1.44. The third kappa shape index (κ3) is 3.89. The lowest BCUT2D eigenvalue weighted by Gasteiger charge is -2.11. The van der Waals surface area contributed by atoms with Crippen LogP contribution in [0.2, 0.25) is 0 Å². The van der Waals surface area contributed by atoms with Crippen LogP contribution in [0.4, 0.5) is 11.4 Å². The predicted octanol–water partition coefficient (Wildman–Crippen LogP) is 2.53. The van der Waals surface area contributed by atoms with Gasteiger partial charge in [-0.1, -0.05) is 6.07 Å². The first-order valence-electron chi connectivity index (χ1n) is 8.06. The van der Waals surface area contributed by atoms with Crippen molar-refractivity contribution in [3.05, 3.63) is 64.0 Å². The molecule has 2 aromatic carbocycles. The molecular weight excluding hydrogens is 352 g/mol. The number of carbonyl (C=O) groups is 1. The fourth-order valence-electron chi connectivity index (χ4n) is 2.44. The third-order valence-electron chi connectivity index (χ3n) is 3.80. The van der Waals surface area contributed by atoms with Gasteiger partial charge in [-0.2, -0.15) is 0 Å². The average molecular weight is 368 g/mol. The van der Waals surface area contributed by atoms with Crippen molar-refractivity contribution in [1.29, 1.82) is 0 Å². The lowest BCUT2D eigenvalue weighted by atomic mass is 10.1. The van der Waals surface area contributed by atoms with Gasteiger partial charge in [0.05, 0.1) is 17.2 Å². The van der Waals surface area contributed by atoms with Gasteiger partial charge in [-0.3, -0.25) is 14.9 Å². The number of aromatic nitrogens is 4. The van der Waals surface area contributed by atoms with Crippen LogP contribution in [0, 0.1) is 17.0 Å². The van der Waals surface area contributed by atoms with E-state index >= 15 is 0 Å². The number of anilines is 1. The molecule has 3 rings (SSSR count). The quantitative estimate of drug-likeness (QED) is 0.523. The van der Waals surface area contributed by atoms with E-state index in [1.165, 1.54) is 29.2 Å². The van der Waals surface area contributed by atoms with Crippen LogP contribution in [-0.2, 0) is 0 Å². The van der Waals surface area contributed by atoms with Crippen molar-refractivity contribution in [2.75, 3.05) is 11.9 Å². The van der Waals surface area contributed by atoms with Crippen LogP contribution >= 0.6 is 0 Å². The number of hydrogen-bond donors (Lipinski definition) is 1. The van der Waals surface area contributed by atoms with Gasteiger partial charge in [0.25, 0.3) is 5.91 Å². The van der Waals surface area contributed by atoms with Gasteiger partial charge < -0.3 is 10.1 Å². The molecule has 0 fully saturated rings. The molecule has 1 N–H and O–H groups in total. The molecule has 0 spiro atoms. The lowest BCUT2D eigenvalue weighted by molar-refractivity contribution is -0.385. The fraction of sp³-hybridized carbons (Fsp3) is 0.176. The second-order valence-corrected chi connectivity index (χ2v) is 5.58. The maximum Gasteiger partial charge on any atom is 0.311 e. The summed E-state index contributed by atoms with van der Waals surface area (Å²) in [5.74, 6) is -0.353. The van der Waals surface area contributed by atoms with Crippen LogP contribution < -0.4 is 10.1 Å². The summed E-state index contributed by atoms with van der Waals surface area (Å²) in [5.41, 5.74) is 1.92. The normalized spacial score (nSPS) is 10.4. The van der Waals surface area contributed by atoms with Crippen molar-refractivity contribution < 1.29 is 14.5 Å². The standard InChI is InChI=1S/C17H16N6O4/c1-3-27-16-7-5-12(8-15(16)23(25)26)17(24)19-14-9-13(6-4-11(14)2)22-10-18-20-21-22/h4-10H,3H2,1-2H3,(H,19,24). The van der Waals surface area contributed by atoms with Gasteiger partial charge in [0.1, 0.15) is 6.33 Å². The zero-order valence-corrected chi connectivity index (χ0v) is 14.6. The van der Waals surface area contributed by atoms with E-state index in [-0.39, 0.29) is 23.6 Å². The molecule has 0 aliphatic rings. The van der Waals surface area contributed by atoms with Crippen LogP contribution in [0.3, 0.4) is 0 Å². The lowest BCUT2D eigenvalue weighted by Crippen LogP contribution is -2.14. The van der Waals surface area contributed by atoms with Crippen LogP contribution in [0.25, 0.3) is 5.69 Å². The van der Waals surface area contributed by atoms with E-state index in [2.05, 4.69) is 20.8 Å². The number of aryl methyl sites for hydroxylation is 1. The Kier molecular flexibility index (Phi) is 5.06. The highest BCUT2D eigenvalue weighted by atomic mass is 16.6. The summed E-state index contributed by atoms with van der Waals surface area (Å²) in [6.45, 7) is 3.85. The van der Waals surface area contributed by atoms with Gasteiger partial charge in [0.2, 0.25) is 0 Å². The van der Waals surface area contributed by atoms with Crippen molar-refractivity contribution in [2.45, 2.75) is 13.8 Å². The maximum atomic E-state index is 12.6. The first-order valence-corrected chi connectivity index (χ1v) is 8.06. The Morgan fingerprint density at radius 3 is 2.78 bits per heavy atom. The minimum Gasteiger partial charge on any atom is -0.487 e. The number of ether oxygens (including phenoxy) is 1. The highest BCUT2D eigenvalue weighted by Crippen LogP contribution is 2.28. The highest BCUT2D eigenvalue weighted by Gasteiger charge is 2.19. The van der Waals surface area contributed by atoms with E-state index in [4.69, 9.17) is 4.74 Å². The summed E-state index contributed by atoms with van der Waals surface area (Å²) in [7, 11) is 0. The Balaban J connectivity index is 1.88. The summed E-state index contributed by atoms with van der Waals surface area (Å²) in [6, 6.07) is 9.43. The number of hydrogen-bond acceptors (Lipinski definition) is 7. The maximum absolute atomic E-state index is 12.6.